The normalized spacial score (nSPS) is 14.3. The molecule has 2 aromatic heterocycles. The number of hydrogen-bond acceptors (Lipinski definition) is 5. The number of aromatic nitrogens is 4. The van der Waals surface area contributed by atoms with Crippen LogP contribution < -0.4 is 10.5 Å². The summed E-state index contributed by atoms with van der Waals surface area (Å²) in [5.74, 6) is -0.143. The van der Waals surface area contributed by atoms with Gasteiger partial charge in [-0.05, 0) is 85.2 Å². The first-order valence-electron chi connectivity index (χ1n) is 12.3. The molecule has 1 N–H and O–H groups in total. The highest BCUT2D eigenvalue weighted by molar-refractivity contribution is 6.35. The predicted octanol–water partition coefficient (Wildman–Crippen LogP) is 6.14. The summed E-state index contributed by atoms with van der Waals surface area (Å²) in [5.41, 5.74) is 10.3. The van der Waals surface area contributed by atoms with E-state index in [1.54, 1.807) is 0 Å². The molecule has 7 nitrogen and oxygen atoms in total. The van der Waals surface area contributed by atoms with Crippen LogP contribution in [0.4, 0.5) is 0 Å². The van der Waals surface area contributed by atoms with E-state index in [9.17, 15) is 4.79 Å². The number of ether oxygens (including phenoxy) is 1. The first-order valence-corrected chi connectivity index (χ1v) is 12.6. The van der Waals surface area contributed by atoms with Gasteiger partial charge in [0.25, 0.3) is 0 Å². The molecular weight excluding hydrogens is 488 g/mol. The summed E-state index contributed by atoms with van der Waals surface area (Å²) in [6.07, 6.45) is 1.74. The smallest absolute Gasteiger partial charge is 0.439 e. The highest BCUT2D eigenvalue weighted by Crippen LogP contribution is 2.41. The van der Waals surface area contributed by atoms with Gasteiger partial charge in [0.05, 0.1) is 22.8 Å². The van der Waals surface area contributed by atoms with E-state index in [4.69, 9.17) is 25.8 Å². The van der Waals surface area contributed by atoms with Crippen LogP contribution in [0.1, 0.15) is 47.5 Å². The lowest BCUT2D eigenvalue weighted by atomic mass is 9.88. The van der Waals surface area contributed by atoms with E-state index in [1.807, 2.05) is 42.7 Å². The number of rotatable bonds is 4. The van der Waals surface area contributed by atoms with Gasteiger partial charge < -0.3 is 4.74 Å². The topological polar surface area (TPSA) is 85.9 Å². The van der Waals surface area contributed by atoms with E-state index in [-0.39, 0.29) is 0 Å². The summed E-state index contributed by atoms with van der Waals surface area (Å²) in [7, 11) is 0. The fourth-order valence-electron chi connectivity index (χ4n) is 5.35. The molecule has 37 heavy (non-hydrogen) atoms. The Hall–Kier alpha value is -4.10. The van der Waals surface area contributed by atoms with E-state index in [1.165, 1.54) is 11.1 Å². The van der Waals surface area contributed by atoms with E-state index in [2.05, 4.69) is 47.4 Å². The fraction of sp³-hybridized carbons (Fsp3) is 0.207. The van der Waals surface area contributed by atoms with Crippen LogP contribution in [-0.2, 0) is 12.8 Å². The molecule has 0 spiro atoms. The van der Waals surface area contributed by atoms with E-state index >= 15 is 0 Å². The summed E-state index contributed by atoms with van der Waals surface area (Å²) in [5, 5.41) is 4.57. The number of nitrogens with zero attached hydrogens (tertiary/aromatic N) is 3. The number of benzene rings is 3. The summed E-state index contributed by atoms with van der Waals surface area (Å²) >= 11 is 6.50. The molecule has 5 aromatic rings. The van der Waals surface area contributed by atoms with Gasteiger partial charge in [0.15, 0.2) is 5.82 Å². The molecule has 0 atom stereocenters. The zero-order valence-corrected chi connectivity index (χ0v) is 21.5. The number of nitrogens with one attached hydrogen (secondary N) is 1. The number of para-hydroxylation sites is 1. The molecule has 3 aromatic carbocycles. The minimum absolute atomic E-state index is 0.429. The van der Waals surface area contributed by atoms with Crippen molar-refractivity contribution >= 4 is 33.8 Å². The van der Waals surface area contributed by atoms with Crippen LogP contribution in [0, 0.1) is 6.92 Å². The number of halogens is 1. The fourth-order valence-corrected chi connectivity index (χ4v) is 5.56. The monoisotopic (exact) mass is 512 g/mol. The second-order valence-electron chi connectivity index (χ2n) is 9.11. The number of aryl methyl sites for hydroxylation is 1. The lowest BCUT2D eigenvalue weighted by Crippen LogP contribution is -2.07. The summed E-state index contributed by atoms with van der Waals surface area (Å²) in [6, 6.07) is 18.9. The molecule has 0 amide bonds. The third-order valence-corrected chi connectivity index (χ3v) is 7.37. The Kier molecular flexibility index (Phi) is 5.72. The maximum atomic E-state index is 11.7. The molecule has 186 valence electrons. The molecule has 0 saturated carbocycles. The Bertz CT molecular complexity index is 1760. The summed E-state index contributed by atoms with van der Waals surface area (Å²) in [6.45, 7) is 6.54. The molecule has 0 aliphatic heterocycles. The van der Waals surface area contributed by atoms with Gasteiger partial charge in [-0.25, -0.2) is 4.79 Å². The van der Waals surface area contributed by atoms with Crippen LogP contribution >= 0.6 is 11.6 Å². The molecule has 0 unspecified atom stereocenters. The summed E-state index contributed by atoms with van der Waals surface area (Å²) < 4.78 is 12.8. The van der Waals surface area contributed by atoms with Gasteiger partial charge in [0.2, 0.25) is 0 Å². The van der Waals surface area contributed by atoms with Crippen molar-refractivity contribution in [2.75, 3.05) is 6.61 Å². The Morgan fingerprint density at radius 3 is 2.73 bits per heavy atom. The zero-order chi connectivity index (χ0) is 25.7. The van der Waals surface area contributed by atoms with Crippen molar-refractivity contribution in [3.63, 3.8) is 0 Å². The molecule has 2 heterocycles. The van der Waals surface area contributed by atoms with Crippen LogP contribution in [0.25, 0.3) is 27.9 Å². The average Bonchev–Trinajstić information content (AvgIpc) is 3.44. The third-order valence-electron chi connectivity index (χ3n) is 7.06. The second kappa shape index (κ2) is 9.09. The average molecular weight is 513 g/mol. The van der Waals surface area contributed by atoms with Crippen molar-refractivity contribution < 1.29 is 9.26 Å². The minimum Gasteiger partial charge on any atom is -0.465 e. The van der Waals surface area contributed by atoms with Gasteiger partial charge in [-0.1, -0.05) is 53.2 Å². The van der Waals surface area contributed by atoms with Crippen LogP contribution in [0.3, 0.4) is 0 Å². The molecule has 0 bridgehead atoms. The Morgan fingerprint density at radius 1 is 1.11 bits per heavy atom. The Labute approximate surface area is 218 Å². The maximum absolute atomic E-state index is 11.7. The SMILES string of the molecule is CCOc1nc2c(Cl)cccc2n1-c1ccc2c(c1C)CCc1ccccc1/C2=C(/C)c1noc(=O)[nH]1. The van der Waals surface area contributed by atoms with Crippen molar-refractivity contribution in [2.24, 2.45) is 0 Å². The predicted molar refractivity (Wildman–Crippen MR) is 145 cm³/mol. The van der Waals surface area contributed by atoms with Crippen molar-refractivity contribution in [1.29, 1.82) is 0 Å². The maximum Gasteiger partial charge on any atom is 0.439 e. The van der Waals surface area contributed by atoms with E-state index in [0.717, 1.165) is 51.9 Å². The van der Waals surface area contributed by atoms with Gasteiger partial charge in [-0.2, -0.15) is 4.98 Å². The van der Waals surface area contributed by atoms with Gasteiger partial charge in [0.1, 0.15) is 5.52 Å². The van der Waals surface area contributed by atoms with Crippen molar-refractivity contribution in [2.45, 2.75) is 33.6 Å². The standard InChI is InChI=1S/C29H25ClN4O3/c1-4-36-28-31-26-22(30)10-7-11-24(26)34(28)23-15-14-21-19(16(23)2)13-12-18-8-5-6-9-20(18)25(21)17(3)27-32-29(35)37-33-27/h5-11,14-15H,4,12-13H2,1-3H3,(H,32,33,35)/b25-17+. The number of fused-ring (bicyclic) bond motifs is 3. The van der Waals surface area contributed by atoms with Crippen LogP contribution in [-0.4, -0.2) is 26.3 Å². The largest absolute Gasteiger partial charge is 0.465 e. The molecule has 6 rings (SSSR count). The number of imidazole rings is 1. The Morgan fingerprint density at radius 2 is 1.95 bits per heavy atom. The van der Waals surface area contributed by atoms with Gasteiger partial charge >= 0.3 is 11.8 Å². The number of hydrogen-bond donors (Lipinski definition) is 1. The quantitative estimate of drug-likeness (QED) is 0.312. The number of H-pyrrole nitrogens is 1. The second-order valence-corrected chi connectivity index (χ2v) is 9.51. The van der Waals surface area contributed by atoms with Crippen LogP contribution in [0.2, 0.25) is 5.02 Å². The van der Waals surface area contributed by atoms with Gasteiger partial charge in [-0.3, -0.25) is 14.1 Å². The zero-order valence-electron chi connectivity index (χ0n) is 20.8. The van der Waals surface area contributed by atoms with Gasteiger partial charge in [-0.15, -0.1) is 0 Å². The van der Waals surface area contributed by atoms with Crippen molar-refractivity contribution in [1.82, 2.24) is 19.7 Å². The first-order chi connectivity index (χ1) is 18.0. The molecular formula is C29H25ClN4O3. The molecule has 0 radical (unpaired) electrons. The molecule has 0 saturated heterocycles. The lowest BCUT2D eigenvalue weighted by Gasteiger charge is -2.19. The van der Waals surface area contributed by atoms with E-state index in [0.29, 0.717) is 29.0 Å². The van der Waals surface area contributed by atoms with E-state index < -0.39 is 5.76 Å². The lowest BCUT2D eigenvalue weighted by molar-refractivity contribution is 0.309. The third kappa shape index (κ3) is 3.78. The van der Waals surface area contributed by atoms with Gasteiger partial charge in [0, 0.05) is 5.57 Å². The minimum atomic E-state index is -0.572. The number of aromatic amines is 1. The number of allylic oxidation sites excluding steroid dienone is 1. The summed E-state index contributed by atoms with van der Waals surface area (Å²) in [4.78, 5) is 19.2. The van der Waals surface area contributed by atoms with Crippen molar-refractivity contribution in [3.8, 4) is 11.7 Å². The van der Waals surface area contributed by atoms with Crippen molar-refractivity contribution in [3.05, 3.63) is 104 Å². The molecule has 8 heteroatoms. The molecule has 0 fully saturated rings. The highest BCUT2D eigenvalue weighted by atomic mass is 35.5. The van der Waals surface area contributed by atoms with Crippen LogP contribution in [0.15, 0.2) is 63.9 Å². The Balaban J connectivity index is 1.63. The first kappa shape index (κ1) is 23.3. The molecule has 1 aliphatic carbocycles. The van der Waals surface area contributed by atoms with Crippen LogP contribution in [0.5, 0.6) is 6.01 Å². The highest BCUT2D eigenvalue weighted by Gasteiger charge is 2.25. The molecule has 1 aliphatic rings.